The summed E-state index contributed by atoms with van der Waals surface area (Å²) >= 11 is 3.44. The first-order valence-electron chi connectivity index (χ1n) is 4.28. The van der Waals surface area contributed by atoms with Crippen molar-refractivity contribution >= 4 is 15.9 Å². The molecule has 0 nitrogen and oxygen atoms in total. The van der Waals surface area contributed by atoms with Gasteiger partial charge in [0.25, 0.3) is 0 Å². The zero-order valence-electron chi connectivity index (χ0n) is 7.37. The zero-order valence-corrected chi connectivity index (χ0v) is 8.96. The van der Waals surface area contributed by atoms with Crippen LogP contribution < -0.4 is 0 Å². The second-order valence-electron chi connectivity index (χ2n) is 2.99. The number of hydrogen-bond donors (Lipinski definition) is 0. The Labute approximate surface area is 90.5 Å². The molecule has 2 aromatic carbocycles. The van der Waals surface area contributed by atoms with Crippen LogP contribution in [0.15, 0.2) is 53.0 Å². The van der Waals surface area contributed by atoms with E-state index in [4.69, 9.17) is 0 Å². The van der Waals surface area contributed by atoms with Crippen LogP contribution in [0.1, 0.15) is 0 Å². The third-order valence-electron chi connectivity index (χ3n) is 2.01. The molecule has 0 spiro atoms. The molecule has 2 aromatic rings. The number of hydrogen-bond acceptors (Lipinski definition) is 0. The normalized spacial score (nSPS) is 10.1. The molecule has 0 bridgehead atoms. The van der Waals surface area contributed by atoms with Gasteiger partial charge in [-0.25, -0.2) is 4.39 Å². The van der Waals surface area contributed by atoms with Crippen LogP contribution in [0.2, 0.25) is 0 Å². The minimum absolute atomic E-state index is 0.210. The van der Waals surface area contributed by atoms with E-state index >= 15 is 0 Å². The summed E-state index contributed by atoms with van der Waals surface area (Å²) in [6.07, 6.45) is 0. The molecule has 2 heteroatoms. The molecule has 70 valence electrons. The maximum absolute atomic E-state index is 13.0. The lowest BCUT2D eigenvalue weighted by Crippen LogP contribution is -1.80. The summed E-state index contributed by atoms with van der Waals surface area (Å²) in [4.78, 5) is 0. The summed E-state index contributed by atoms with van der Waals surface area (Å²) in [6, 6.07) is 14.4. The van der Waals surface area contributed by atoms with E-state index in [0.29, 0.717) is 0 Å². The first-order chi connectivity index (χ1) is 6.77. The van der Waals surface area contributed by atoms with E-state index in [1.54, 1.807) is 6.07 Å². The van der Waals surface area contributed by atoms with Crippen LogP contribution in [0.25, 0.3) is 11.1 Å². The predicted octanol–water partition coefficient (Wildman–Crippen LogP) is 4.26. The van der Waals surface area contributed by atoms with Gasteiger partial charge in [0.1, 0.15) is 5.82 Å². The molecule has 0 unspecified atom stereocenters. The van der Waals surface area contributed by atoms with Crippen molar-refractivity contribution in [1.29, 1.82) is 0 Å². The topological polar surface area (TPSA) is 0 Å². The monoisotopic (exact) mass is 250 g/mol. The van der Waals surface area contributed by atoms with E-state index in [1.807, 2.05) is 30.3 Å². The van der Waals surface area contributed by atoms with E-state index in [1.165, 1.54) is 12.1 Å². The molecule has 0 aliphatic carbocycles. The van der Waals surface area contributed by atoms with Gasteiger partial charge >= 0.3 is 0 Å². The van der Waals surface area contributed by atoms with Crippen molar-refractivity contribution < 1.29 is 4.39 Å². The van der Waals surface area contributed by atoms with Crippen molar-refractivity contribution in [3.63, 3.8) is 0 Å². The molecule has 0 saturated carbocycles. The Morgan fingerprint density at radius 1 is 0.929 bits per heavy atom. The summed E-state index contributed by atoms with van der Waals surface area (Å²) in [5.74, 6) is -0.210. The Morgan fingerprint density at radius 3 is 2.43 bits per heavy atom. The summed E-state index contributed by atoms with van der Waals surface area (Å²) in [5.41, 5.74) is 1.89. The largest absolute Gasteiger partial charge is 0.207 e. The second-order valence-corrected chi connectivity index (χ2v) is 3.84. The third-order valence-corrected chi connectivity index (χ3v) is 2.70. The van der Waals surface area contributed by atoms with E-state index in [0.717, 1.165) is 15.6 Å². The SMILES string of the molecule is Fc1cccc(-c2ccccc2Br)c1. The molecule has 14 heavy (non-hydrogen) atoms. The van der Waals surface area contributed by atoms with E-state index in [-0.39, 0.29) is 5.82 Å². The summed E-state index contributed by atoms with van der Waals surface area (Å²) in [6.45, 7) is 0. The molecule has 0 atom stereocenters. The average molecular weight is 251 g/mol. The number of benzene rings is 2. The molecule has 0 aliphatic heterocycles. The summed E-state index contributed by atoms with van der Waals surface area (Å²) in [7, 11) is 0. The van der Waals surface area contributed by atoms with Gasteiger partial charge in [-0.3, -0.25) is 0 Å². The second kappa shape index (κ2) is 3.93. The zero-order chi connectivity index (χ0) is 9.97. The lowest BCUT2D eigenvalue weighted by atomic mass is 10.1. The van der Waals surface area contributed by atoms with Crippen LogP contribution in [0.5, 0.6) is 0 Å². The molecular weight excluding hydrogens is 243 g/mol. The van der Waals surface area contributed by atoms with E-state index in [9.17, 15) is 4.39 Å². The molecule has 0 fully saturated rings. The molecule has 0 radical (unpaired) electrons. The highest BCUT2D eigenvalue weighted by molar-refractivity contribution is 9.10. The van der Waals surface area contributed by atoms with Crippen molar-refractivity contribution in [2.75, 3.05) is 0 Å². The Morgan fingerprint density at radius 2 is 1.71 bits per heavy atom. The molecule has 0 N–H and O–H groups in total. The van der Waals surface area contributed by atoms with Crippen LogP contribution in [-0.4, -0.2) is 0 Å². The number of halogens is 2. The van der Waals surface area contributed by atoms with Gasteiger partial charge in [-0.05, 0) is 29.3 Å². The summed E-state index contributed by atoms with van der Waals surface area (Å²) < 4.78 is 13.9. The highest BCUT2D eigenvalue weighted by Gasteiger charge is 2.01. The fourth-order valence-electron chi connectivity index (χ4n) is 1.35. The highest BCUT2D eigenvalue weighted by Crippen LogP contribution is 2.27. The minimum atomic E-state index is -0.210. The quantitative estimate of drug-likeness (QED) is 0.710. The Hall–Kier alpha value is -1.15. The van der Waals surface area contributed by atoms with Crippen LogP contribution in [0.4, 0.5) is 4.39 Å². The van der Waals surface area contributed by atoms with Crippen molar-refractivity contribution in [1.82, 2.24) is 0 Å². The van der Waals surface area contributed by atoms with Crippen LogP contribution in [0.3, 0.4) is 0 Å². The molecule has 0 aromatic heterocycles. The maximum Gasteiger partial charge on any atom is 0.123 e. The third kappa shape index (κ3) is 1.85. The lowest BCUT2D eigenvalue weighted by molar-refractivity contribution is 0.628. The highest BCUT2D eigenvalue weighted by atomic mass is 79.9. The smallest absolute Gasteiger partial charge is 0.123 e. The van der Waals surface area contributed by atoms with E-state index < -0.39 is 0 Å². The van der Waals surface area contributed by atoms with Crippen molar-refractivity contribution in [2.24, 2.45) is 0 Å². The van der Waals surface area contributed by atoms with Crippen LogP contribution in [-0.2, 0) is 0 Å². The molecule has 0 saturated heterocycles. The van der Waals surface area contributed by atoms with Crippen molar-refractivity contribution in [3.8, 4) is 11.1 Å². The maximum atomic E-state index is 13.0. The molecule has 0 heterocycles. The van der Waals surface area contributed by atoms with Gasteiger partial charge < -0.3 is 0 Å². The van der Waals surface area contributed by atoms with Gasteiger partial charge in [0.05, 0.1) is 0 Å². The fourth-order valence-corrected chi connectivity index (χ4v) is 1.87. The van der Waals surface area contributed by atoms with Crippen molar-refractivity contribution in [2.45, 2.75) is 0 Å². The van der Waals surface area contributed by atoms with Gasteiger partial charge in [0.15, 0.2) is 0 Å². The molecular formula is C12H8BrF. The van der Waals surface area contributed by atoms with Crippen LogP contribution >= 0.6 is 15.9 Å². The fraction of sp³-hybridized carbons (Fsp3) is 0. The lowest BCUT2D eigenvalue weighted by Gasteiger charge is -2.03. The average Bonchev–Trinajstić information content (AvgIpc) is 2.18. The number of rotatable bonds is 1. The van der Waals surface area contributed by atoms with E-state index in [2.05, 4.69) is 15.9 Å². The predicted molar refractivity (Wildman–Crippen MR) is 59.5 cm³/mol. The first kappa shape index (κ1) is 9.41. The summed E-state index contributed by atoms with van der Waals surface area (Å²) in [5, 5.41) is 0. The standard InChI is InChI=1S/C12H8BrF/c13-12-7-2-1-6-11(12)9-4-3-5-10(14)8-9/h1-8H. The van der Waals surface area contributed by atoms with Gasteiger partial charge in [0.2, 0.25) is 0 Å². The Kier molecular flexibility index (Phi) is 2.64. The molecule has 0 amide bonds. The molecule has 2 rings (SSSR count). The Balaban J connectivity index is 2.55. The van der Waals surface area contributed by atoms with Crippen LogP contribution in [0, 0.1) is 5.82 Å². The van der Waals surface area contributed by atoms with Gasteiger partial charge in [-0.1, -0.05) is 46.3 Å². The van der Waals surface area contributed by atoms with Gasteiger partial charge in [-0.2, -0.15) is 0 Å². The molecule has 0 aliphatic rings. The van der Waals surface area contributed by atoms with Crippen molar-refractivity contribution in [3.05, 3.63) is 58.8 Å². The Bertz CT molecular complexity index is 452. The first-order valence-corrected chi connectivity index (χ1v) is 5.07. The van der Waals surface area contributed by atoms with Gasteiger partial charge in [-0.15, -0.1) is 0 Å². The van der Waals surface area contributed by atoms with Gasteiger partial charge in [0, 0.05) is 4.47 Å². The minimum Gasteiger partial charge on any atom is -0.207 e.